The van der Waals surface area contributed by atoms with Crippen LogP contribution in [0.15, 0.2) is 0 Å². The highest BCUT2D eigenvalue weighted by molar-refractivity contribution is 5.90. The van der Waals surface area contributed by atoms with Gasteiger partial charge in [0.25, 0.3) is 0 Å². The van der Waals surface area contributed by atoms with Crippen molar-refractivity contribution in [3.05, 3.63) is 0 Å². The molecular formula is C17H30N2O. The number of hydrogen-bond acceptors (Lipinski definition) is 2. The van der Waals surface area contributed by atoms with Crippen molar-refractivity contribution in [3.63, 3.8) is 0 Å². The van der Waals surface area contributed by atoms with Crippen LogP contribution in [0.5, 0.6) is 0 Å². The Bertz CT molecular complexity index is 418. The number of carbonyl (C=O) groups is 1. The summed E-state index contributed by atoms with van der Waals surface area (Å²) in [4.78, 5) is 15.4. The Balaban J connectivity index is 1.94. The third-order valence-electron chi connectivity index (χ3n) is 6.68. The van der Waals surface area contributed by atoms with Crippen LogP contribution in [0.2, 0.25) is 0 Å². The van der Waals surface area contributed by atoms with Gasteiger partial charge >= 0.3 is 0 Å². The van der Waals surface area contributed by atoms with Crippen molar-refractivity contribution in [2.75, 3.05) is 0 Å². The summed E-state index contributed by atoms with van der Waals surface area (Å²) in [5.41, 5.74) is 0.215. The van der Waals surface area contributed by atoms with Gasteiger partial charge in [-0.15, -0.1) is 0 Å². The number of hydrogen-bond donors (Lipinski definition) is 1. The highest BCUT2D eigenvalue weighted by atomic mass is 16.2. The zero-order valence-corrected chi connectivity index (χ0v) is 13.9. The lowest BCUT2D eigenvalue weighted by atomic mass is 9.97. The third kappa shape index (κ3) is 1.59. The first-order chi connectivity index (χ1) is 9.15. The van der Waals surface area contributed by atoms with Gasteiger partial charge in [-0.05, 0) is 29.6 Å². The second-order valence-corrected chi connectivity index (χ2v) is 8.68. The van der Waals surface area contributed by atoms with E-state index in [1.54, 1.807) is 0 Å². The van der Waals surface area contributed by atoms with Gasteiger partial charge in [-0.2, -0.15) is 0 Å². The monoisotopic (exact) mass is 278 g/mol. The van der Waals surface area contributed by atoms with Crippen molar-refractivity contribution in [3.8, 4) is 0 Å². The molecule has 1 amide bonds. The van der Waals surface area contributed by atoms with E-state index in [2.05, 4.69) is 51.8 Å². The van der Waals surface area contributed by atoms with Crippen molar-refractivity contribution in [2.45, 2.75) is 85.0 Å². The van der Waals surface area contributed by atoms with Gasteiger partial charge in [0.2, 0.25) is 5.91 Å². The molecular weight excluding hydrogens is 248 g/mol. The Kier molecular flexibility index (Phi) is 2.87. The SMILES string of the molecule is CC(C)C1NC2(CCCC2)C(=O)N1C1C(C)(C)C1(C)C. The summed E-state index contributed by atoms with van der Waals surface area (Å²) in [5.74, 6) is 0.850. The minimum Gasteiger partial charge on any atom is -0.321 e. The molecule has 2 saturated carbocycles. The molecule has 3 rings (SSSR count). The first-order valence-corrected chi connectivity index (χ1v) is 8.26. The fourth-order valence-corrected chi connectivity index (χ4v) is 4.75. The molecule has 0 aromatic carbocycles. The maximum absolute atomic E-state index is 13.2. The van der Waals surface area contributed by atoms with Gasteiger partial charge in [-0.3, -0.25) is 10.1 Å². The van der Waals surface area contributed by atoms with Gasteiger partial charge in [0.15, 0.2) is 0 Å². The molecule has 20 heavy (non-hydrogen) atoms. The van der Waals surface area contributed by atoms with Crippen molar-refractivity contribution in [1.29, 1.82) is 0 Å². The summed E-state index contributed by atoms with van der Waals surface area (Å²) in [6.45, 7) is 13.7. The largest absolute Gasteiger partial charge is 0.321 e. The molecule has 1 spiro atoms. The van der Waals surface area contributed by atoms with Crippen LogP contribution < -0.4 is 5.32 Å². The number of amides is 1. The van der Waals surface area contributed by atoms with Gasteiger partial charge in [-0.25, -0.2) is 0 Å². The van der Waals surface area contributed by atoms with E-state index in [0.29, 0.717) is 17.9 Å². The number of rotatable bonds is 2. The fourth-order valence-electron chi connectivity index (χ4n) is 4.75. The molecule has 2 aliphatic carbocycles. The predicted octanol–water partition coefficient (Wildman–Crippen LogP) is 3.15. The summed E-state index contributed by atoms with van der Waals surface area (Å²) >= 11 is 0. The number of carbonyl (C=O) groups excluding carboxylic acids is 1. The van der Waals surface area contributed by atoms with E-state index in [4.69, 9.17) is 0 Å². The minimum atomic E-state index is -0.232. The Labute approximate surface area is 123 Å². The van der Waals surface area contributed by atoms with Gasteiger partial charge in [-0.1, -0.05) is 54.4 Å². The van der Waals surface area contributed by atoms with Gasteiger partial charge < -0.3 is 4.90 Å². The maximum Gasteiger partial charge on any atom is 0.244 e. The lowest BCUT2D eigenvalue weighted by molar-refractivity contribution is -0.135. The second kappa shape index (κ2) is 4.00. The lowest BCUT2D eigenvalue weighted by Gasteiger charge is -2.29. The van der Waals surface area contributed by atoms with E-state index >= 15 is 0 Å². The highest BCUT2D eigenvalue weighted by Crippen LogP contribution is 2.66. The number of nitrogens with one attached hydrogen (secondary N) is 1. The van der Waals surface area contributed by atoms with Crippen LogP contribution in [0.3, 0.4) is 0 Å². The van der Waals surface area contributed by atoms with Gasteiger partial charge in [0, 0.05) is 6.04 Å². The van der Waals surface area contributed by atoms with Crippen LogP contribution in [-0.2, 0) is 4.79 Å². The van der Waals surface area contributed by atoms with E-state index in [-0.39, 0.29) is 22.5 Å². The second-order valence-electron chi connectivity index (χ2n) is 8.68. The molecule has 3 nitrogen and oxygen atoms in total. The summed E-state index contributed by atoms with van der Waals surface area (Å²) in [5, 5.41) is 3.74. The van der Waals surface area contributed by atoms with Crippen LogP contribution in [0, 0.1) is 16.7 Å². The Hall–Kier alpha value is -0.570. The van der Waals surface area contributed by atoms with Crippen molar-refractivity contribution in [1.82, 2.24) is 10.2 Å². The van der Waals surface area contributed by atoms with Crippen LogP contribution in [-0.4, -0.2) is 28.6 Å². The molecule has 0 radical (unpaired) electrons. The van der Waals surface area contributed by atoms with Crippen LogP contribution in [0.25, 0.3) is 0 Å². The summed E-state index contributed by atoms with van der Waals surface area (Å²) < 4.78 is 0. The van der Waals surface area contributed by atoms with Crippen molar-refractivity contribution < 1.29 is 4.79 Å². The lowest BCUT2D eigenvalue weighted by Crippen LogP contribution is -2.46. The summed E-state index contributed by atoms with van der Waals surface area (Å²) in [7, 11) is 0. The molecule has 3 fully saturated rings. The fraction of sp³-hybridized carbons (Fsp3) is 0.941. The molecule has 1 saturated heterocycles. The van der Waals surface area contributed by atoms with E-state index in [9.17, 15) is 4.79 Å². The highest BCUT2D eigenvalue weighted by Gasteiger charge is 2.71. The van der Waals surface area contributed by atoms with Crippen LogP contribution >= 0.6 is 0 Å². The van der Waals surface area contributed by atoms with E-state index < -0.39 is 0 Å². The average molecular weight is 278 g/mol. The molecule has 0 bridgehead atoms. The predicted molar refractivity (Wildman–Crippen MR) is 81.2 cm³/mol. The van der Waals surface area contributed by atoms with Crippen molar-refractivity contribution >= 4 is 5.91 Å². The average Bonchev–Trinajstić information content (AvgIpc) is 2.78. The maximum atomic E-state index is 13.2. The molecule has 0 aromatic rings. The number of nitrogens with zero attached hydrogens (tertiary/aromatic N) is 1. The standard InChI is InChI=1S/C17H30N2O/c1-11(2)12-18-17(9-7-8-10-17)14(20)19(12)13-15(3,4)16(13,5)6/h11-13,18H,7-10H2,1-6H3. The Morgan fingerprint density at radius 1 is 1.10 bits per heavy atom. The summed E-state index contributed by atoms with van der Waals surface area (Å²) in [6.07, 6.45) is 4.65. The molecule has 114 valence electrons. The normalized spacial score (nSPS) is 34.5. The van der Waals surface area contributed by atoms with E-state index in [1.807, 2.05) is 0 Å². The first kappa shape index (κ1) is 14.4. The molecule has 1 N–H and O–H groups in total. The molecule has 1 atom stereocenters. The van der Waals surface area contributed by atoms with Crippen LogP contribution in [0.1, 0.15) is 67.2 Å². The Morgan fingerprint density at radius 3 is 2.00 bits per heavy atom. The quantitative estimate of drug-likeness (QED) is 0.841. The molecule has 3 heteroatoms. The van der Waals surface area contributed by atoms with E-state index in [0.717, 1.165) is 12.8 Å². The van der Waals surface area contributed by atoms with Gasteiger partial charge in [0.1, 0.15) is 0 Å². The zero-order valence-electron chi connectivity index (χ0n) is 13.9. The molecule has 1 unspecified atom stereocenters. The smallest absolute Gasteiger partial charge is 0.244 e. The minimum absolute atomic E-state index is 0.214. The first-order valence-electron chi connectivity index (χ1n) is 8.26. The van der Waals surface area contributed by atoms with E-state index in [1.165, 1.54) is 12.8 Å². The Morgan fingerprint density at radius 2 is 1.60 bits per heavy atom. The molecule has 3 aliphatic rings. The molecule has 1 aliphatic heterocycles. The molecule has 1 heterocycles. The molecule has 0 aromatic heterocycles. The van der Waals surface area contributed by atoms with Crippen LogP contribution in [0.4, 0.5) is 0 Å². The van der Waals surface area contributed by atoms with Gasteiger partial charge in [0.05, 0.1) is 11.7 Å². The topological polar surface area (TPSA) is 32.3 Å². The summed E-state index contributed by atoms with van der Waals surface area (Å²) in [6, 6.07) is 0.377. The zero-order chi connectivity index (χ0) is 14.9. The third-order valence-corrected chi connectivity index (χ3v) is 6.68. The van der Waals surface area contributed by atoms with Crippen molar-refractivity contribution in [2.24, 2.45) is 16.7 Å².